The zero-order valence-electron chi connectivity index (χ0n) is 24.2. The van der Waals surface area contributed by atoms with Crippen molar-refractivity contribution < 1.29 is 9.47 Å². The van der Waals surface area contributed by atoms with E-state index in [9.17, 15) is 4.79 Å². The first kappa shape index (κ1) is 28.1. The smallest absolute Gasteiger partial charge is 0.291 e. The predicted octanol–water partition coefficient (Wildman–Crippen LogP) is 6.22. The van der Waals surface area contributed by atoms with E-state index in [1.165, 1.54) is 15.9 Å². The molecule has 8 nitrogen and oxygen atoms in total. The van der Waals surface area contributed by atoms with Gasteiger partial charge in [0.1, 0.15) is 17.2 Å². The van der Waals surface area contributed by atoms with Gasteiger partial charge in [-0.2, -0.15) is 14.6 Å². The third kappa shape index (κ3) is 6.12. The molecule has 216 valence electrons. The van der Waals surface area contributed by atoms with Crippen LogP contribution in [0.3, 0.4) is 0 Å². The van der Waals surface area contributed by atoms with Crippen LogP contribution in [0.2, 0.25) is 0 Å². The molecule has 0 radical (unpaired) electrons. The van der Waals surface area contributed by atoms with Gasteiger partial charge in [-0.1, -0.05) is 54.7 Å². The fourth-order valence-electron chi connectivity index (χ4n) is 4.70. The molecule has 6 aromatic rings. The Morgan fingerprint density at radius 2 is 1.70 bits per heavy atom. The molecule has 0 aliphatic rings. The van der Waals surface area contributed by atoms with Crippen LogP contribution in [0.5, 0.6) is 11.5 Å². The Bertz CT molecular complexity index is 2010. The molecule has 0 unspecified atom stereocenters. The number of hydrogen-bond acceptors (Lipinski definition) is 7. The summed E-state index contributed by atoms with van der Waals surface area (Å²) < 4.78 is 15.1. The number of ether oxygens (including phenoxy) is 2. The number of nitrogens with zero attached hydrogens (tertiary/aromatic N) is 5. The highest BCUT2D eigenvalue weighted by Gasteiger charge is 2.16. The van der Waals surface area contributed by atoms with E-state index in [4.69, 9.17) is 14.6 Å². The Morgan fingerprint density at radius 3 is 2.42 bits per heavy atom. The summed E-state index contributed by atoms with van der Waals surface area (Å²) in [5.74, 6) is 2.13. The maximum absolute atomic E-state index is 13.4. The van der Waals surface area contributed by atoms with Gasteiger partial charge in [0, 0.05) is 17.3 Å². The summed E-state index contributed by atoms with van der Waals surface area (Å²) in [6.45, 7) is 7.37. The molecule has 43 heavy (non-hydrogen) atoms. The van der Waals surface area contributed by atoms with Gasteiger partial charge in [0.15, 0.2) is 5.82 Å². The topological polar surface area (TPSA) is 83.5 Å². The minimum Gasteiger partial charge on any atom is -0.494 e. The van der Waals surface area contributed by atoms with Crippen molar-refractivity contribution in [2.45, 2.75) is 27.2 Å². The number of para-hydroxylation sites is 1. The molecule has 3 aromatic heterocycles. The molecule has 0 bridgehead atoms. The van der Waals surface area contributed by atoms with E-state index >= 15 is 0 Å². The van der Waals surface area contributed by atoms with Crippen LogP contribution in [0.25, 0.3) is 40.1 Å². The van der Waals surface area contributed by atoms with Crippen LogP contribution in [0.4, 0.5) is 0 Å². The Balaban J connectivity index is 1.34. The van der Waals surface area contributed by atoms with Crippen LogP contribution in [0.15, 0.2) is 83.8 Å². The lowest BCUT2D eigenvalue weighted by Crippen LogP contribution is -2.23. The van der Waals surface area contributed by atoms with Crippen molar-refractivity contribution in [2.75, 3.05) is 13.2 Å². The molecule has 0 saturated heterocycles. The molecule has 3 aromatic carbocycles. The van der Waals surface area contributed by atoms with Gasteiger partial charge in [0.05, 0.1) is 23.4 Å². The molecular formula is C34H31N5O3S. The lowest BCUT2D eigenvalue weighted by Gasteiger charge is -2.08. The van der Waals surface area contributed by atoms with Crippen molar-refractivity contribution >= 4 is 34.5 Å². The molecule has 9 heteroatoms. The van der Waals surface area contributed by atoms with E-state index in [1.54, 1.807) is 6.08 Å². The van der Waals surface area contributed by atoms with Crippen LogP contribution in [-0.4, -0.2) is 37.6 Å². The van der Waals surface area contributed by atoms with Gasteiger partial charge >= 0.3 is 0 Å². The van der Waals surface area contributed by atoms with Crippen molar-refractivity contribution in [3.05, 3.63) is 116 Å². The molecule has 0 N–H and O–H groups in total. The standard InChI is InChI=1S/C34H31N5O3S/c1-4-19-42-27-14-11-24(12-15-27)13-18-31-35-34-39(36-31)33(40)30(43-34)21-25-22-38(26-9-7-6-8-10-26)37-32(25)29-17-16-28(41-5-2)20-23(29)3/h6-18,20-22H,4-5,19H2,1-3H3/b18-13+,30-21-. The Hall–Kier alpha value is -5.02. The van der Waals surface area contributed by atoms with Gasteiger partial charge in [-0.25, -0.2) is 4.68 Å². The van der Waals surface area contributed by atoms with Gasteiger partial charge in [0.2, 0.25) is 4.96 Å². The molecule has 6 rings (SSSR count). The van der Waals surface area contributed by atoms with Gasteiger partial charge < -0.3 is 9.47 Å². The second-order valence-electron chi connectivity index (χ2n) is 9.95. The highest BCUT2D eigenvalue weighted by molar-refractivity contribution is 7.15. The van der Waals surface area contributed by atoms with Gasteiger partial charge in [-0.15, -0.1) is 5.10 Å². The summed E-state index contributed by atoms with van der Waals surface area (Å²) in [6, 6.07) is 23.7. The number of aromatic nitrogens is 5. The average molecular weight is 590 g/mol. The highest BCUT2D eigenvalue weighted by atomic mass is 32.1. The number of thiazole rings is 1. The monoisotopic (exact) mass is 589 g/mol. The number of benzene rings is 3. The van der Waals surface area contributed by atoms with E-state index in [-0.39, 0.29) is 5.56 Å². The van der Waals surface area contributed by atoms with E-state index in [0.717, 1.165) is 51.6 Å². The van der Waals surface area contributed by atoms with E-state index < -0.39 is 0 Å². The molecule has 0 spiro atoms. The van der Waals surface area contributed by atoms with Crippen molar-refractivity contribution in [1.29, 1.82) is 0 Å². The fourth-order valence-corrected chi connectivity index (χ4v) is 5.61. The van der Waals surface area contributed by atoms with Crippen LogP contribution in [-0.2, 0) is 0 Å². The molecule has 0 atom stereocenters. The SMILES string of the molecule is CCCOc1ccc(/C=C/c2nc3s/c(=C\c4cn(-c5ccccc5)nc4-c4ccc(OCC)cc4C)c(=O)n3n2)cc1. The zero-order chi connectivity index (χ0) is 29.8. The summed E-state index contributed by atoms with van der Waals surface area (Å²) in [5, 5.41) is 9.39. The predicted molar refractivity (Wildman–Crippen MR) is 172 cm³/mol. The molecule has 0 aliphatic heterocycles. The maximum atomic E-state index is 13.4. The molecule has 0 saturated carbocycles. The molecule has 0 fully saturated rings. The molecule has 0 amide bonds. The van der Waals surface area contributed by atoms with Crippen molar-refractivity contribution in [2.24, 2.45) is 0 Å². The van der Waals surface area contributed by atoms with Crippen LogP contribution >= 0.6 is 11.3 Å². The minimum absolute atomic E-state index is 0.216. The van der Waals surface area contributed by atoms with Crippen molar-refractivity contribution in [1.82, 2.24) is 24.4 Å². The molecule has 0 aliphatic carbocycles. The maximum Gasteiger partial charge on any atom is 0.291 e. The largest absolute Gasteiger partial charge is 0.494 e. The number of hydrogen-bond donors (Lipinski definition) is 0. The molecule has 3 heterocycles. The zero-order valence-corrected chi connectivity index (χ0v) is 25.0. The van der Waals surface area contributed by atoms with Crippen molar-refractivity contribution in [3.8, 4) is 28.4 Å². The van der Waals surface area contributed by atoms with Gasteiger partial charge in [-0.05, 0) is 86.0 Å². The van der Waals surface area contributed by atoms with E-state index in [0.29, 0.717) is 28.5 Å². The second-order valence-corrected chi connectivity index (χ2v) is 11.0. The highest BCUT2D eigenvalue weighted by Crippen LogP contribution is 2.30. The first-order valence-corrected chi connectivity index (χ1v) is 15.0. The van der Waals surface area contributed by atoms with Crippen LogP contribution in [0.1, 0.15) is 42.8 Å². The summed E-state index contributed by atoms with van der Waals surface area (Å²) in [7, 11) is 0. The minimum atomic E-state index is -0.216. The normalized spacial score (nSPS) is 12.0. The molecular weight excluding hydrogens is 558 g/mol. The van der Waals surface area contributed by atoms with Crippen molar-refractivity contribution in [3.63, 3.8) is 0 Å². The fraction of sp³-hybridized carbons (Fsp3) is 0.176. The summed E-state index contributed by atoms with van der Waals surface area (Å²) in [4.78, 5) is 18.5. The first-order chi connectivity index (χ1) is 21.0. The van der Waals surface area contributed by atoms with Crippen LogP contribution in [0, 0.1) is 6.92 Å². The average Bonchev–Trinajstić information content (AvgIpc) is 3.71. The number of aryl methyl sites for hydroxylation is 1. The van der Waals surface area contributed by atoms with Gasteiger partial charge in [0.25, 0.3) is 5.56 Å². The Labute approximate surface area is 253 Å². The Morgan fingerprint density at radius 1 is 0.907 bits per heavy atom. The number of rotatable bonds is 10. The third-order valence-electron chi connectivity index (χ3n) is 6.79. The first-order valence-electron chi connectivity index (χ1n) is 14.2. The number of fused-ring (bicyclic) bond motifs is 1. The quantitative estimate of drug-likeness (QED) is 0.189. The van der Waals surface area contributed by atoms with E-state index in [1.807, 2.05) is 110 Å². The summed E-state index contributed by atoms with van der Waals surface area (Å²) in [6.07, 6.45) is 8.51. The van der Waals surface area contributed by atoms with E-state index in [2.05, 4.69) is 17.0 Å². The lowest BCUT2D eigenvalue weighted by molar-refractivity contribution is 0.317. The summed E-state index contributed by atoms with van der Waals surface area (Å²) in [5.41, 5.74) is 5.30. The third-order valence-corrected chi connectivity index (χ3v) is 7.75. The Kier molecular flexibility index (Phi) is 8.15. The summed E-state index contributed by atoms with van der Waals surface area (Å²) >= 11 is 1.31. The lowest BCUT2D eigenvalue weighted by atomic mass is 10.0. The second kappa shape index (κ2) is 12.5. The van der Waals surface area contributed by atoms with Crippen LogP contribution < -0.4 is 19.6 Å². The van der Waals surface area contributed by atoms with Gasteiger partial charge in [-0.3, -0.25) is 4.79 Å².